The number of sulfonamides is 1. The number of aryl methyl sites for hydroxylation is 1. The minimum atomic E-state index is -3.70. The van der Waals surface area contributed by atoms with Gasteiger partial charge in [0.1, 0.15) is 12.3 Å². The Hall–Kier alpha value is -2.87. The number of hydrogen-bond donors (Lipinski definition) is 1. The van der Waals surface area contributed by atoms with Crippen molar-refractivity contribution in [2.45, 2.75) is 33.1 Å². The van der Waals surface area contributed by atoms with Crippen LogP contribution in [0.15, 0.2) is 48.5 Å². The van der Waals surface area contributed by atoms with Crippen molar-refractivity contribution in [3.63, 3.8) is 0 Å². The lowest BCUT2D eigenvalue weighted by atomic mass is 10.1. The number of Topliss-reactive ketones (excluding diaryl/α,β-unsaturated/α-hetero) is 1. The smallest absolute Gasteiger partial charge is 0.240 e. The molecule has 0 aromatic heterocycles. The van der Waals surface area contributed by atoms with E-state index in [2.05, 4.69) is 5.32 Å². The SMILES string of the molecule is CCCOc1ccccc1CCCNC(=O)CN(c1cccc(C(C)=O)c1)S(C)(=O)=O. The standard InChI is InChI=1S/C23H30N2O5S/c1-4-15-30-22-13-6-5-9-19(22)11-8-14-24-23(27)17-25(31(3,28)29)21-12-7-10-20(16-21)18(2)26/h5-7,9-10,12-13,16H,4,8,11,14-15,17H2,1-3H3,(H,24,27). The average Bonchev–Trinajstić information content (AvgIpc) is 2.73. The number of nitrogens with one attached hydrogen (secondary N) is 1. The summed E-state index contributed by atoms with van der Waals surface area (Å²) in [5.41, 5.74) is 1.74. The van der Waals surface area contributed by atoms with Crippen molar-refractivity contribution in [1.29, 1.82) is 0 Å². The van der Waals surface area contributed by atoms with Crippen molar-refractivity contribution in [3.8, 4) is 5.75 Å². The number of hydrogen-bond acceptors (Lipinski definition) is 5. The van der Waals surface area contributed by atoms with Gasteiger partial charge in [-0.2, -0.15) is 0 Å². The number of anilines is 1. The molecule has 0 bridgehead atoms. The summed E-state index contributed by atoms with van der Waals surface area (Å²) in [4.78, 5) is 24.0. The molecular formula is C23H30N2O5S. The number of para-hydroxylation sites is 1. The normalized spacial score (nSPS) is 11.1. The molecule has 0 atom stereocenters. The Bertz CT molecular complexity index is 1000. The molecule has 8 heteroatoms. The van der Waals surface area contributed by atoms with Gasteiger partial charge in [-0.25, -0.2) is 8.42 Å². The molecule has 0 saturated carbocycles. The third kappa shape index (κ3) is 7.71. The van der Waals surface area contributed by atoms with Crippen LogP contribution in [0.5, 0.6) is 5.75 Å². The van der Waals surface area contributed by atoms with Gasteiger partial charge in [-0.15, -0.1) is 0 Å². The number of carbonyl (C=O) groups is 2. The number of ether oxygens (including phenoxy) is 1. The maximum Gasteiger partial charge on any atom is 0.240 e. The zero-order chi connectivity index (χ0) is 22.9. The van der Waals surface area contributed by atoms with E-state index in [1.807, 2.05) is 31.2 Å². The molecule has 7 nitrogen and oxygen atoms in total. The van der Waals surface area contributed by atoms with Crippen LogP contribution in [-0.4, -0.2) is 46.1 Å². The minimum Gasteiger partial charge on any atom is -0.493 e. The van der Waals surface area contributed by atoms with Crippen LogP contribution in [0.4, 0.5) is 5.69 Å². The molecule has 0 radical (unpaired) electrons. The molecule has 31 heavy (non-hydrogen) atoms. The Balaban J connectivity index is 1.94. The summed E-state index contributed by atoms with van der Waals surface area (Å²) in [6, 6.07) is 14.1. The van der Waals surface area contributed by atoms with E-state index in [9.17, 15) is 18.0 Å². The first kappa shape index (κ1) is 24.4. The first-order valence-electron chi connectivity index (χ1n) is 10.3. The van der Waals surface area contributed by atoms with Crippen molar-refractivity contribution < 1.29 is 22.7 Å². The number of rotatable bonds is 12. The summed E-state index contributed by atoms with van der Waals surface area (Å²) in [7, 11) is -3.70. The molecule has 1 N–H and O–H groups in total. The number of carbonyl (C=O) groups excluding carboxylic acids is 2. The van der Waals surface area contributed by atoms with Crippen molar-refractivity contribution in [2.75, 3.05) is 30.3 Å². The highest BCUT2D eigenvalue weighted by Gasteiger charge is 2.21. The van der Waals surface area contributed by atoms with Crippen LogP contribution in [0.2, 0.25) is 0 Å². The van der Waals surface area contributed by atoms with Crippen LogP contribution in [0.25, 0.3) is 0 Å². The fraction of sp³-hybridized carbons (Fsp3) is 0.391. The molecule has 0 aliphatic carbocycles. The molecule has 0 aliphatic heterocycles. The maximum atomic E-state index is 12.4. The molecule has 0 saturated heterocycles. The molecule has 0 heterocycles. The van der Waals surface area contributed by atoms with E-state index in [-0.39, 0.29) is 18.0 Å². The van der Waals surface area contributed by atoms with Crippen LogP contribution in [0.1, 0.15) is 42.6 Å². The lowest BCUT2D eigenvalue weighted by Crippen LogP contribution is -2.40. The maximum absolute atomic E-state index is 12.4. The highest BCUT2D eigenvalue weighted by atomic mass is 32.2. The van der Waals surface area contributed by atoms with E-state index in [0.717, 1.165) is 34.7 Å². The molecular weight excluding hydrogens is 416 g/mol. The van der Waals surface area contributed by atoms with Gasteiger partial charge in [-0.3, -0.25) is 13.9 Å². The van der Waals surface area contributed by atoms with Gasteiger partial charge in [0.2, 0.25) is 15.9 Å². The van der Waals surface area contributed by atoms with E-state index in [1.165, 1.54) is 13.0 Å². The van der Waals surface area contributed by atoms with Gasteiger partial charge < -0.3 is 10.1 Å². The van der Waals surface area contributed by atoms with Gasteiger partial charge in [0.15, 0.2) is 5.78 Å². The molecule has 0 unspecified atom stereocenters. The first-order valence-corrected chi connectivity index (χ1v) is 12.1. The van der Waals surface area contributed by atoms with Crippen molar-refractivity contribution in [2.24, 2.45) is 0 Å². The molecule has 2 rings (SSSR count). The largest absolute Gasteiger partial charge is 0.493 e. The zero-order valence-electron chi connectivity index (χ0n) is 18.3. The Labute approximate surface area is 184 Å². The van der Waals surface area contributed by atoms with Crippen molar-refractivity contribution in [1.82, 2.24) is 5.32 Å². The predicted molar refractivity (Wildman–Crippen MR) is 122 cm³/mol. The Morgan fingerprint density at radius 2 is 1.84 bits per heavy atom. The van der Waals surface area contributed by atoms with Crippen LogP contribution in [-0.2, 0) is 21.2 Å². The topological polar surface area (TPSA) is 92.8 Å². The van der Waals surface area contributed by atoms with Gasteiger partial charge in [-0.1, -0.05) is 37.3 Å². The molecule has 0 aliphatic rings. The Morgan fingerprint density at radius 1 is 1.10 bits per heavy atom. The van der Waals surface area contributed by atoms with Crippen LogP contribution >= 0.6 is 0 Å². The lowest BCUT2D eigenvalue weighted by molar-refractivity contribution is -0.119. The monoisotopic (exact) mass is 446 g/mol. The third-order valence-corrected chi connectivity index (χ3v) is 5.75. The fourth-order valence-corrected chi connectivity index (χ4v) is 3.88. The van der Waals surface area contributed by atoms with E-state index < -0.39 is 15.9 Å². The van der Waals surface area contributed by atoms with Crippen molar-refractivity contribution in [3.05, 3.63) is 59.7 Å². The second-order valence-corrected chi connectivity index (χ2v) is 9.19. The van der Waals surface area contributed by atoms with Gasteiger partial charge in [-0.05, 0) is 49.9 Å². The lowest BCUT2D eigenvalue weighted by Gasteiger charge is -2.22. The quantitative estimate of drug-likeness (QED) is 0.399. The number of nitrogens with zero attached hydrogens (tertiary/aromatic N) is 1. The van der Waals surface area contributed by atoms with E-state index >= 15 is 0 Å². The third-order valence-electron chi connectivity index (χ3n) is 4.61. The molecule has 2 aromatic carbocycles. The van der Waals surface area contributed by atoms with Gasteiger partial charge in [0.25, 0.3) is 0 Å². The zero-order valence-corrected chi connectivity index (χ0v) is 19.1. The second-order valence-electron chi connectivity index (χ2n) is 7.29. The summed E-state index contributed by atoms with van der Waals surface area (Å²) in [5, 5.41) is 2.77. The first-order chi connectivity index (χ1) is 14.7. The molecule has 0 fully saturated rings. The summed E-state index contributed by atoms with van der Waals surface area (Å²) in [6.07, 6.45) is 3.39. The Kier molecular flexibility index (Phi) is 9.05. The van der Waals surface area contributed by atoms with Gasteiger partial charge >= 0.3 is 0 Å². The molecule has 0 spiro atoms. The second kappa shape index (κ2) is 11.5. The number of benzene rings is 2. The number of ketones is 1. The average molecular weight is 447 g/mol. The van der Waals surface area contributed by atoms with Crippen LogP contribution < -0.4 is 14.4 Å². The summed E-state index contributed by atoms with van der Waals surface area (Å²) >= 11 is 0. The fourth-order valence-electron chi connectivity index (χ4n) is 3.04. The molecule has 168 valence electrons. The van der Waals surface area contributed by atoms with Crippen LogP contribution in [0, 0.1) is 0 Å². The Morgan fingerprint density at radius 3 is 2.52 bits per heavy atom. The summed E-state index contributed by atoms with van der Waals surface area (Å²) in [6.45, 7) is 4.17. The van der Waals surface area contributed by atoms with Gasteiger partial charge in [0, 0.05) is 12.1 Å². The molecule has 1 amide bonds. The van der Waals surface area contributed by atoms with E-state index in [1.54, 1.807) is 18.2 Å². The predicted octanol–water partition coefficient (Wildman–Crippen LogP) is 3.19. The number of amides is 1. The summed E-state index contributed by atoms with van der Waals surface area (Å²) in [5.74, 6) is 0.265. The van der Waals surface area contributed by atoms with Crippen LogP contribution in [0.3, 0.4) is 0 Å². The minimum absolute atomic E-state index is 0.178. The van der Waals surface area contributed by atoms with E-state index in [4.69, 9.17) is 4.74 Å². The van der Waals surface area contributed by atoms with Crippen molar-refractivity contribution >= 4 is 27.4 Å². The molecule has 2 aromatic rings. The highest BCUT2D eigenvalue weighted by molar-refractivity contribution is 7.92. The highest BCUT2D eigenvalue weighted by Crippen LogP contribution is 2.20. The summed E-state index contributed by atoms with van der Waals surface area (Å²) < 4.78 is 31.2. The van der Waals surface area contributed by atoms with E-state index in [0.29, 0.717) is 25.1 Å². The van der Waals surface area contributed by atoms with Gasteiger partial charge in [0.05, 0.1) is 18.6 Å².